The first kappa shape index (κ1) is 12.5. The van der Waals surface area contributed by atoms with Crippen molar-refractivity contribution in [3.8, 4) is 0 Å². The van der Waals surface area contributed by atoms with E-state index in [9.17, 15) is 4.79 Å². The molecule has 88 valence electrons. The lowest BCUT2D eigenvalue weighted by molar-refractivity contribution is -0.132. The molecule has 1 fully saturated rings. The predicted octanol–water partition coefficient (Wildman–Crippen LogP) is 2.78. The Bertz CT molecular complexity index is 255. The van der Waals surface area contributed by atoms with Crippen molar-refractivity contribution in [2.45, 2.75) is 47.6 Å². The largest absolute Gasteiger partial charge is 0.342 e. The average molecular weight is 211 g/mol. The van der Waals surface area contributed by atoms with Gasteiger partial charge in [0.05, 0.1) is 0 Å². The van der Waals surface area contributed by atoms with Crippen molar-refractivity contribution in [2.75, 3.05) is 7.05 Å². The van der Waals surface area contributed by atoms with E-state index in [1.165, 1.54) is 0 Å². The molecule has 0 spiro atoms. The molecule has 0 aromatic heterocycles. The predicted molar refractivity (Wildman–Crippen MR) is 63.5 cm³/mol. The topological polar surface area (TPSA) is 20.3 Å². The molecule has 1 aliphatic rings. The van der Waals surface area contributed by atoms with Gasteiger partial charge in [0.1, 0.15) is 0 Å². The minimum atomic E-state index is 0.0914. The maximum atomic E-state index is 12.2. The van der Waals surface area contributed by atoms with Gasteiger partial charge in [0.2, 0.25) is 5.91 Å². The van der Waals surface area contributed by atoms with Gasteiger partial charge in [0, 0.05) is 19.0 Å². The highest BCUT2D eigenvalue weighted by molar-refractivity contribution is 5.82. The Balaban J connectivity index is 3.10. The van der Waals surface area contributed by atoms with Crippen molar-refractivity contribution in [3.63, 3.8) is 0 Å². The lowest BCUT2D eigenvalue weighted by Crippen LogP contribution is -2.40. The second kappa shape index (κ2) is 3.80. The fourth-order valence-corrected chi connectivity index (χ4v) is 3.81. The summed E-state index contributed by atoms with van der Waals surface area (Å²) in [6.07, 6.45) is 0. The number of hydrogen-bond acceptors (Lipinski definition) is 1. The second-order valence-corrected chi connectivity index (χ2v) is 6.18. The Morgan fingerprint density at radius 3 is 1.80 bits per heavy atom. The molecule has 0 radical (unpaired) electrons. The highest BCUT2D eigenvalue weighted by atomic mass is 16.2. The molecule has 0 bridgehead atoms. The molecule has 2 nitrogen and oxygen atoms in total. The van der Waals surface area contributed by atoms with Crippen molar-refractivity contribution >= 4 is 5.91 Å². The zero-order chi connectivity index (χ0) is 12.0. The van der Waals surface area contributed by atoms with E-state index in [0.29, 0.717) is 23.8 Å². The van der Waals surface area contributed by atoms with Crippen molar-refractivity contribution < 1.29 is 4.79 Å². The fraction of sp³-hybridized carbons (Fsp3) is 0.923. The molecule has 2 atom stereocenters. The number of nitrogens with zero attached hydrogens (tertiary/aromatic N) is 1. The van der Waals surface area contributed by atoms with Crippen LogP contribution < -0.4 is 0 Å². The van der Waals surface area contributed by atoms with Crippen LogP contribution in [0.2, 0.25) is 0 Å². The van der Waals surface area contributed by atoms with Crippen LogP contribution in [-0.4, -0.2) is 23.9 Å². The molecule has 1 saturated heterocycles. The summed E-state index contributed by atoms with van der Waals surface area (Å²) in [5.74, 6) is 1.46. The van der Waals surface area contributed by atoms with Crippen LogP contribution in [-0.2, 0) is 4.79 Å². The lowest BCUT2D eigenvalue weighted by Gasteiger charge is -2.36. The van der Waals surface area contributed by atoms with E-state index < -0.39 is 0 Å². The third kappa shape index (κ3) is 1.79. The van der Waals surface area contributed by atoms with Crippen LogP contribution in [0.3, 0.4) is 0 Å². The molecule has 0 aromatic carbocycles. The van der Waals surface area contributed by atoms with E-state index in [-0.39, 0.29) is 11.3 Å². The van der Waals surface area contributed by atoms with Gasteiger partial charge in [-0.3, -0.25) is 4.79 Å². The summed E-state index contributed by atoms with van der Waals surface area (Å²) in [5.41, 5.74) is 0.0914. The van der Waals surface area contributed by atoms with Gasteiger partial charge in [-0.05, 0) is 17.3 Å². The minimum Gasteiger partial charge on any atom is -0.342 e. The summed E-state index contributed by atoms with van der Waals surface area (Å²) >= 11 is 0. The number of likely N-dealkylation sites (tertiary alicyclic amines) is 1. The van der Waals surface area contributed by atoms with Gasteiger partial charge in [-0.15, -0.1) is 0 Å². The molecule has 15 heavy (non-hydrogen) atoms. The van der Waals surface area contributed by atoms with Crippen LogP contribution in [0.1, 0.15) is 41.5 Å². The van der Waals surface area contributed by atoms with Gasteiger partial charge in [-0.2, -0.15) is 0 Å². The number of carbonyl (C=O) groups is 1. The summed E-state index contributed by atoms with van der Waals surface area (Å²) in [6, 6.07) is 0.373. The molecule has 1 heterocycles. The van der Waals surface area contributed by atoms with E-state index in [4.69, 9.17) is 0 Å². The van der Waals surface area contributed by atoms with Crippen LogP contribution in [0.4, 0.5) is 0 Å². The molecular weight excluding hydrogens is 186 g/mol. The van der Waals surface area contributed by atoms with Crippen LogP contribution in [0.25, 0.3) is 0 Å². The Hall–Kier alpha value is -0.530. The summed E-state index contributed by atoms with van der Waals surface area (Å²) in [7, 11) is 1.96. The molecule has 0 saturated carbocycles. The Morgan fingerprint density at radius 2 is 1.60 bits per heavy atom. The Kier molecular flexibility index (Phi) is 3.18. The summed E-state index contributed by atoms with van der Waals surface area (Å²) in [5, 5.41) is 0. The fourth-order valence-electron chi connectivity index (χ4n) is 3.81. The zero-order valence-electron chi connectivity index (χ0n) is 11.2. The molecule has 2 unspecified atom stereocenters. The highest BCUT2D eigenvalue weighted by Crippen LogP contribution is 2.47. The van der Waals surface area contributed by atoms with Crippen molar-refractivity contribution in [1.82, 2.24) is 4.90 Å². The monoisotopic (exact) mass is 211 g/mol. The second-order valence-electron chi connectivity index (χ2n) is 6.18. The summed E-state index contributed by atoms with van der Waals surface area (Å²) in [4.78, 5) is 14.2. The van der Waals surface area contributed by atoms with E-state index in [2.05, 4.69) is 41.5 Å². The first-order valence-corrected chi connectivity index (χ1v) is 5.98. The molecule has 1 aliphatic heterocycles. The van der Waals surface area contributed by atoms with Crippen molar-refractivity contribution in [2.24, 2.45) is 23.2 Å². The number of carbonyl (C=O) groups excluding carboxylic acids is 1. The van der Waals surface area contributed by atoms with Crippen LogP contribution in [0.15, 0.2) is 0 Å². The summed E-state index contributed by atoms with van der Waals surface area (Å²) < 4.78 is 0. The van der Waals surface area contributed by atoms with E-state index in [1.54, 1.807) is 0 Å². The van der Waals surface area contributed by atoms with Crippen molar-refractivity contribution in [1.29, 1.82) is 0 Å². The molecule has 2 heteroatoms. The lowest BCUT2D eigenvalue weighted by atomic mass is 9.69. The van der Waals surface area contributed by atoms with Crippen molar-refractivity contribution in [3.05, 3.63) is 0 Å². The molecular formula is C13H25NO. The normalized spacial score (nSPS) is 30.7. The van der Waals surface area contributed by atoms with Gasteiger partial charge in [-0.1, -0.05) is 41.5 Å². The average Bonchev–Trinajstić information content (AvgIpc) is 2.17. The maximum Gasteiger partial charge on any atom is 0.226 e. The Labute approximate surface area is 94.0 Å². The van der Waals surface area contributed by atoms with E-state index in [1.807, 2.05) is 11.9 Å². The number of hydrogen-bond donors (Lipinski definition) is 0. The molecule has 0 N–H and O–H groups in total. The first-order valence-electron chi connectivity index (χ1n) is 5.98. The number of amides is 1. The van der Waals surface area contributed by atoms with Gasteiger partial charge in [0.25, 0.3) is 0 Å². The van der Waals surface area contributed by atoms with E-state index >= 15 is 0 Å². The zero-order valence-corrected chi connectivity index (χ0v) is 11.2. The Morgan fingerprint density at radius 1 is 1.13 bits per heavy atom. The third-order valence-electron chi connectivity index (χ3n) is 3.89. The van der Waals surface area contributed by atoms with Gasteiger partial charge in [-0.25, -0.2) is 0 Å². The minimum absolute atomic E-state index is 0.0914. The van der Waals surface area contributed by atoms with Gasteiger partial charge >= 0.3 is 0 Å². The summed E-state index contributed by atoms with van der Waals surface area (Å²) in [6.45, 7) is 13.2. The van der Waals surface area contributed by atoms with E-state index in [0.717, 1.165) is 0 Å². The standard InChI is InChI=1S/C13H25NO/c1-8(2)10-12(15)14(7)11(9(3)4)13(10,5)6/h8-11H,1-7H3. The van der Waals surface area contributed by atoms with Gasteiger partial charge < -0.3 is 4.90 Å². The smallest absolute Gasteiger partial charge is 0.226 e. The number of rotatable bonds is 2. The molecule has 0 aromatic rings. The SMILES string of the molecule is CC(C)C1C(=O)N(C)C(C(C)C)C1(C)C. The van der Waals surface area contributed by atoms with Crippen LogP contribution in [0.5, 0.6) is 0 Å². The van der Waals surface area contributed by atoms with Gasteiger partial charge in [0.15, 0.2) is 0 Å². The molecule has 1 rings (SSSR count). The maximum absolute atomic E-state index is 12.2. The van der Waals surface area contributed by atoms with Crippen LogP contribution in [0, 0.1) is 23.2 Å². The first-order chi connectivity index (χ1) is 6.71. The third-order valence-corrected chi connectivity index (χ3v) is 3.89. The van der Waals surface area contributed by atoms with Crippen LogP contribution >= 0.6 is 0 Å². The quantitative estimate of drug-likeness (QED) is 0.688. The molecule has 1 amide bonds. The highest BCUT2D eigenvalue weighted by Gasteiger charge is 2.53. The molecule has 0 aliphatic carbocycles.